The molecule has 150 valence electrons. The highest BCUT2D eigenvalue weighted by atomic mass is 32.2. The molecule has 0 aliphatic rings. The van der Waals surface area contributed by atoms with Gasteiger partial charge < -0.3 is 5.11 Å². The van der Waals surface area contributed by atoms with Gasteiger partial charge in [-0.05, 0) is 30.3 Å². The molecule has 0 aliphatic carbocycles. The van der Waals surface area contributed by atoms with Gasteiger partial charge in [-0.2, -0.15) is 26.3 Å². The maximum absolute atomic E-state index is 13.3. The van der Waals surface area contributed by atoms with E-state index in [0.717, 1.165) is 32.3 Å². The van der Waals surface area contributed by atoms with E-state index in [1.807, 2.05) is 36.4 Å². The lowest BCUT2D eigenvalue weighted by Crippen LogP contribution is -2.53. The molecule has 0 aliphatic heterocycles. The number of fused-ring (bicyclic) bond motifs is 3. The second-order valence-electron chi connectivity index (χ2n) is 6.53. The lowest BCUT2D eigenvalue weighted by Gasteiger charge is -2.32. The Morgan fingerprint density at radius 1 is 0.621 bits per heavy atom. The predicted octanol–water partition coefficient (Wildman–Crippen LogP) is 7.04. The lowest BCUT2D eigenvalue weighted by molar-refractivity contribution is -0.376. The minimum absolute atomic E-state index is 0.270. The summed E-state index contributed by atoms with van der Waals surface area (Å²) in [6, 6.07) is 18.6. The molecule has 4 rings (SSSR count). The summed E-state index contributed by atoms with van der Waals surface area (Å²) in [6.45, 7) is 0. The van der Waals surface area contributed by atoms with Gasteiger partial charge in [-0.3, -0.25) is 0 Å². The van der Waals surface area contributed by atoms with Gasteiger partial charge in [-0.15, -0.1) is 0 Å². The third-order valence-electron chi connectivity index (χ3n) is 4.81. The van der Waals surface area contributed by atoms with E-state index in [1.165, 1.54) is 6.07 Å². The Morgan fingerprint density at radius 2 is 1.10 bits per heavy atom. The Morgan fingerprint density at radius 3 is 1.59 bits per heavy atom. The number of rotatable bonds is 2. The average molecular weight is 427 g/mol. The van der Waals surface area contributed by atoms with Crippen LogP contribution in [-0.2, 0) is 5.60 Å². The minimum Gasteiger partial charge on any atom is -0.369 e. The predicted molar refractivity (Wildman–Crippen MR) is 101 cm³/mol. The minimum atomic E-state index is -5.92. The van der Waals surface area contributed by atoms with Crippen LogP contribution in [0.5, 0.6) is 0 Å². The largest absolute Gasteiger partial charge is 0.430 e. The van der Waals surface area contributed by atoms with Crippen molar-refractivity contribution >= 4 is 30.6 Å². The van der Waals surface area contributed by atoms with E-state index in [0.29, 0.717) is 6.07 Å². The van der Waals surface area contributed by atoms with Crippen LogP contribution in [0, 0.1) is 0 Å². The summed E-state index contributed by atoms with van der Waals surface area (Å²) in [5.41, 5.74) is -6.19. The van der Waals surface area contributed by atoms with Gasteiger partial charge in [0.15, 0.2) is 14.3 Å². The first-order chi connectivity index (χ1) is 13.6. The van der Waals surface area contributed by atoms with Gasteiger partial charge in [0.25, 0.3) is 5.60 Å². The number of benzene rings is 3. The highest BCUT2D eigenvalue weighted by Gasteiger charge is 2.71. The molecule has 1 aromatic heterocycles. The van der Waals surface area contributed by atoms with Gasteiger partial charge in [0.2, 0.25) is 0 Å². The number of hydrogen-bond donors (Lipinski definition) is 1. The van der Waals surface area contributed by atoms with E-state index in [4.69, 9.17) is 0 Å². The molecule has 1 nitrogen and oxygen atoms in total. The topological polar surface area (TPSA) is 20.2 Å². The van der Waals surface area contributed by atoms with Crippen LogP contribution < -0.4 is 0 Å². The van der Waals surface area contributed by atoms with Crippen LogP contribution in [0.4, 0.5) is 26.3 Å². The molecule has 0 bridgehead atoms. The summed E-state index contributed by atoms with van der Waals surface area (Å²) in [5, 5.41) is 11.5. The Balaban J connectivity index is 2.02. The fourth-order valence-electron chi connectivity index (χ4n) is 3.44. The first kappa shape index (κ1) is 19.7. The van der Waals surface area contributed by atoms with Crippen LogP contribution in [0.25, 0.3) is 25.1 Å². The third-order valence-corrected chi connectivity index (χ3v) is 7.13. The van der Waals surface area contributed by atoms with Crippen molar-refractivity contribution in [3.05, 3.63) is 78.4 Å². The van der Waals surface area contributed by atoms with E-state index in [-0.39, 0.29) is 4.90 Å². The van der Waals surface area contributed by atoms with Crippen LogP contribution >= 0.6 is 10.5 Å². The molecule has 1 N–H and O–H groups in total. The Labute approximate surface area is 163 Å². The van der Waals surface area contributed by atoms with Crippen molar-refractivity contribution in [2.45, 2.75) is 18.0 Å². The number of halogens is 6. The molecule has 0 unspecified atom stereocenters. The van der Waals surface area contributed by atoms with Gasteiger partial charge in [0, 0.05) is 32.9 Å². The van der Waals surface area contributed by atoms with Crippen molar-refractivity contribution in [2.75, 3.05) is 0 Å². The molecule has 0 saturated carbocycles. The average Bonchev–Trinajstić information content (AvgIpc) is 3.00. The molecular formula is C21H13F6OS+. The molecule has 8 heteroatoms. The lowest BCUT2D eigenvalue weighted by atomic mass is 9.92. The zero-order valence-electron chi connectivity index (χ0n) is 14.6. The first-order valence-corrected chi connectivity index (χ1v) is 9.67. The highest BCUT2D eigenvalue weighted by molar-refractivity contribution is 7.50. The van der Waals surface area contributed by atoms with Gasteiger partial charge in [-0.25, -0.2) is 0 Å². The number of aliphatic hydroxyl groups is 1. The van der Waals surface area contributed by atoms with E-state index in [1.54, 1.807) is 12.1 Å². The first-order valence-electron chi connectivity index (χ1n) is 8.45. The van der Waals surface area contributed by atoms with E-state index in [2.05, 4.69) is 0 Å². The van der Waals surface area contributed by atoms with Gasteiger partial charge in [0.1, 0.15) is 0 Å². The molecule has 0 atom stereocenters. The van der Waals surface area contributed by atoms with Crippen LogP contribution in [0.15, 0.2) is 72.8 Å². The molecule has 0 fully saturated rings. The number of thiophene rings is 1. The second-order valence-corrected chi connectivity index (χ2v) is 8.50. The summed E-state index contributed by atoms with van der Waals surface area (Å²) in [4.78, 5) is 0.270. The van der Waals surface area contributed by atoms with Crippen LogP contribution in [-0.4, -0.2) is 17.5 Å². The summed E-state index contributed by atoms with van der Waals surface area (Å²) in [5.74, 6) is 0. The molecule has 3 aromatic carbocycles. The normalized spacial score (nSPS) is 13.3. The van der Waals surface area contributed by atoms with Crippen molar-refractivity contribution in [2.24, 2.45) is 0 Å². The fraction of sp³-hybridized carbons (Fsp3) is 0.143. The molecule has 4 aromatic rings. The second kappa shape index (κ2) is 6.47. The van der Waals surface area contributed by atoms with Gasteiger partial charge in [0.05, 0.1) is 0 Å². The maximum atomic E-state index is 13.3. The monoisotopic (exact) mass is 427 g/mol. The highest BCUT2D eigenvalue weighted by Crippen LogP contribution is 2.53. The fourth-order valence-corrected chi connectivity index (χ4v) is 5.87. The molecule has 0 spiro atoms. The van der Waals surface area contributed by atoms with E-state index < -0.39 is 34.0 Å². The van der Waals surface area contributed by atoms with Crippen molar-refractivity contribution in [3.63, 3.8) is 0 Å². The van der Waals surface area contributed by atoms with Crippen molar-refractivity contribution in [1.29, 1.82) is 0 Å². The Hall–Kier alpha value is -2.58. The molecule has 29 heavy (non-hydrogen) atoms. The summed E-state index contributed by atoms with van der Waals surface area (Å²) in [7, 11) is -0.885. The molecule has 0 amide bonds. The van der Waals surface area contributed by atoms with E-state index >= 15 is 0 Å². The van der Waals surface area contributed by atoms with Gasteiger partial charge >= 0.3 is 12.4 Å². The van der Waals surface area contributed by atoms with Gasteiger partial charge in [-0.1, -0.05) is 36.4 Å². The standard InChI is InChI=1S/C21H13F6OS/c22-20(23,24)19(28,21(25,26)27)13-6-5-7-14(12-13)29-17-10-3-1-8-15(17)16-9-2-4-11-18(16)29/h1-12,28H/q+1. The quantitative estimate of drug-likeness (QED) is 0.269. The number of alkyl halides is 6. The van der Waals surface area contributed by atoms with Crippen LogP contribution in [0.3, 0.4) is 0 Å². The Kier molecular flexibility index (Phi) is 4.40. The van der Waals surface area contributed by atoms with E-state index in [9.17, 15) is 31.4 Å². The van der Waals surface area contributed by atoms with Crippen molar-refractivity contribution < 1.29 is 31.4 Å². The van der Waals surface area contributed by atoms with Crippen LogP contribution in [0.2, 0.25) is 0 Å². The molecule has 0 saturated heterocycles. The Bertz CT molecular complexity index is 1140. The number of hydrogen-bond acceptors (Lipinski definition) is 1. The van der Waals surface area contributed by atoms with Crippen molar-refractivity contribution in [1.82, 2.24) is 0 Å². The smallest absolute Gasteiger partial charge is 0.369 e. The zero-order valence-corrected chi connectivity index (χ0v) is 15.4. The summed E-state index contributed by atoms with van der Waals surface area (Å²) in [6.07, 6.45) is -11.8. The summed E-state index contributed by atoms with van der Waals surface area (Å²) < 4.78 is 81.5. The molecule has 0 radical (unpaired) electrons. The zero-order chi connectivity index (χ0) is 21.0. The molecular weight excluding hydrogens is 414 g/mol. The maximum Gasteiger partial charge on any atom is 0.430 e. The SMILES string of the molecule is OC(c1cccc(-[s+]2c3ccccc3c3ccccc32)c1)(C(F)(F)F)C(F)(F)F. The summed E-state index contributed by atoms with van der Waals surface area (Å²) >= 11 is 0. The third kappa shape index (κ3) is 2.89. The van der Waals surface area contributed by atoms with Crippen LogP contribution in [0.1, 0.15) is 5.56 Å². The molecule has 1 heterocycles. The van der Waals surface area contributed by atoms with Crippen molar-refractivity contribution in [3.8, 4) is 4.90 Å².